The Kier molecular flexibility index (Phi) is 4.13. The molecule has 0 saturated carbocycles. The van der Waals surface area contributed by atoms with Crippen LogP contribution in [0, 0.1) is 0 Å². The van der Waals surface area contributed by atoms with Gasteiger partial charge in [-0.25, -0.2) is 0 Å². The monoisotopic (exact) mass is 392 g/mol. The predicted molar refractivity (Wildman–Crippen MR) is 108 cm³/mol. The molecule has 0 aromatic heterocycles. The first-order chi connectivity index (χ1) is 11.7. The molecule has 4 aromatic carbocycles. The molecule has 0 aliphatic rings. The second-order valence-electron chi connectivity index (χ2n) is 5.72. The van der Waals surface area contributed by atoms with Crippen molar-refractivity contribution in [3.8, 4) is 22.3 Å². The fourth-order valence-corrected chi connectivity index (χ4v) is 3.45. The minimum Gasteiger partial charge on any atom is -0.0843 e. The zero-order valence-corrected chi connectivity index (χ0v) is 15.2. The summed E-state index contributed by atoms with van der Waals surface area (Å²) in [6, 6.07) is 29.4. The standard InChI is InChI=1S/C22H14BrCl/c23-17-9-5-15(6-10-17)19-13-14-20(16-7-11-18(24)12-8-16)22-4-2-1-3-21(19)22/h1-14H. The van der Waals surface area contributed by atoms with Crippen LogP contribution in [0.3, 0.4) is 0 Å². The summed E-state index contributed by atoms with van der Waals surface area (Å²) in [6.45, 7) is 0. The Bertz CT molecular complexity index is 918. The SMILES string of the molecule is Clc1ccc(-c2ccc(-c3ccc(Br)cc3)c3ccccc23)cc1. The lowest BCUT2D eigenvalue weighted by Crippen LogP contribution is -1.86. The maximum Gasteiger partial charge on any atom is 0.0406 e. The maximum absolute atomic E-state index is 6.03. The van der Waals surface area contributed by atoms with Crippen LogP contribution in [0.25, 0.3) is 33.0 Å². The average Bonchev–Trinajstić information content (AvgIpc) is 2.62. The molecule has 4 aromatic rings. The Morgan fingerprint density at radius 3 is 1.50 bits per heavy atom. The molecule has 116 valence electrons. The van der Waals surface area contributed by atoms with Crippen LogP contribution >= 0.6 is 27.5 Å². The first kappa shape index (κ1) is 15.4. The molecule has 0 atom stereocenters. The first-order valence-corrected chi connectivity index (χ1v) is 8.93. The van der Waals surface area contributed by atoms with Gasteiger partial charge in [0.05, 0.1) is 0 Å². The van der Waals surface area contributed by atoms with E-state index in [1.54, 1.807) is 0 Å². The molecule has 0 saturated heterocycles. The van der Waals surface area contributed by atoms with Crippen LogP contribution in [-0.2, 0) is 0 Å². The summed E-state index contributed by atoms with van der Waals surface area (Å²) in [5, 5.41) is 3.27. The molecule has 2 heteroatoms. The summed E-state index contributed by atoms with van der Waals surface area (Å²) in [7, 11) is 0. The molecule has 4 rings (SSSR count). The molecule has 24 heavy (non-hydrogen) atoms. The molecule has 0 spiro atoms. The number of fused-ring (bicyclic) bond motifs is 1. The highest BCUT2D eigenvalue weighted by atomic mass is 79.9. The third kappa shape index (κ3) is 2.86. The van der Waals surface area contributed by atoms with E-state index in [0.29, 0.717) is 0 Å². The van der Waals surface area contributed by atoms with Gasteiger partial charge in [-0.3, -0.25) is 0 Å². The third-order valence-corrected chi connectivity index (χ3v) is 5.02. The normalized spacial score (nSPS) is 10.9. The van der Waals surface area contributed by atoms with Crippen molar-refractivity contribution in [3.63, 3.8) is 0 Å². The Morgan fingerprint density at radius 2 is 1.00 bits per heavy atom. The van der Waals surface area contributed by atoms with Gasteiger partial charge in [-0.15, -0.1) is 0 Å². The predicted octanol–water partition coefficient (Wildman–Crippen LogP) is 7.59. The lowest BCUT2D eigenvalue weighted by atomic mass is 9.92. The number of hydrogen-bond acceptors (Lipinski definition) is 0. The highest BCUT2D eigenvalue weighted by molar-refractivity contribution is 9.10. The summed E-state index contributed by atoms with van der Waals surface area (Å²) >= 11 is 9.54. The summed E-state index contributed by atoms with van der Waals surface area (Å²) in [5.74, 6) is 0. The molecule has 0 nitrogen and oxygen atoms in total. The van der Waals surface area contributed by atoms with E-state index < -0.39 is 0 Å². The Hall–Kier alpha value is -2.09. The number of rotatable bonds is 2. The molecule has 0 amide bonds. The lowest BCUT2D eigenvalue weighted by molar-refractivity contribution is 1.60. The fraction of sp³-hybridized carbons (Fsp3) is 0. The van der Waals surface area contributed by atoms with Crippen LogP contribution < -0.4 is 0 Å². The van der Waals surface area contributed by atoms with Crippen molar-refractivity contribution >= 4 is 38.3 Å². The van der Waals surface area contributed by atoms with E-state index in [4.69, 9.17) is 11.6 Å². The van der Waals surface area contributed by atoms with Gasteiger partial charge in [-0.2, -0.15) is 0 Å². The first-order valence-electron chi connectivity index (χ1n) is 7.76. The smallest absolute Gasteiger partial charge is 0.0406 e. The van der Waals surface area contributed by atoms with Crippen LogP contribution in [-0.4, -0.2) is 0 Å². The van der Waals surface area contributed by atoms with Crippen molar-refractivity contribution in [2.75, 3.05) is 0 Å². The minimum absolute atomic E-state index is 0.759. The second-order valence-corrected chi connectivity index (χ2v) is 7.07. The lowest BCUT2D eigenvalue weighted by Gasteiger charge is -2.12. The van der Waals surface area contributed by atoms with Gasteiger partial charge in [0.1, 0.15) is 0 Å². The topological polar surface area (TPSA) is 0 Å². The van der Waals surface area contributed by atoms with Crippen molar-refractivity contribution in [1.82, 2.24) is 0 Å². The summed E-state index contributed by atoms with van der Waals surface area (Å²) in [6.07, 6.45) is 0. The molecular formula is C22H14BrCl. The van der Waals surface area contributed by atoms with E-state index in [1.807, 2.05) is 12.1 Å². The van der Waals surface area contributed by atoms with Gasteiger partial charge in [0.15, 0.2) is 0 Å². The van der Waals surface area contributed by atoms with Gasteiger partial charge >= 0.3 is 0 Å². The van der Waals surface area contributed by atoms with Crippen LogP contribution in [0.4, 0.5) is 0 Å². The summed E-state index contributed by atoms with van der Waals surface area (Å²) in [5.41, 5.74) is 4.87. The Labute approximate surface area is 154 Å². The van der Waals surface area contributed by atoms with E-state index in [-0.39, 0.29) is 0 Å². The molecule has 0 aliphatic heterocycles. The Morgan fingerprint density at radius 1 is 0.542 bits per heavy atom. The van der Waals surface area contributed by atoms with E-state index in [1.165, 1.54) is 33.0 Å². The van der Waals surface area contributed by atoms with Crippen molar-refractivity contribution in [2.45, 2.75) is 0 Å². The highest BCUT2D eigenvalue weighted by Gasteiger charge is 2.09. The van der Waals surface area contributed by atoms with E-state index in [9.17, 15) is 0 Å². The van der Waals surface area contributed by atoms with Crippen LogP contribution in [0.1, 0.15) is 0 Å². The van der Waals surface area contributed by atoms with E-state index in [0.717, 1.165) is 9.50 Å². The molecule has 0 bridgehead atoms. The maximum atomic E-state index is 6.03. The van der Waals surface area contributed by atoms with Crippen molar-refractivity contribution in [1.29, 1.82) is 0 Å². The molecule has 0 radical (unpaired) electrons. The number of benzene rings is 4. The van der Waals surface area contributed by atoms with Crippen molar-refractivity contribution < 1.29 is 0 Å². The molecular weight excluding hydrogens is 380 g/mol. The highest BCUT2D eigenvalue weighted by Crippen LogP contribution is 2.36. The third-order valence-electron chi connectivity index (χ3n) is 4.23. The van der Waals surface area contributed by atoms with Crippen LogP contribution in [0.5, 0.6) is 0 Å². The number of halogens is 2. The van der Waals surface area contributed by atoms with Gasteiger partial charge < -0.3 is 0 Å². The molecule has 0 N–H and O–H groups in total. The minimum atomic E-state index is 0.759. The second kappa shape index (κ2) is 6.43. The molecule has 0 fully saturated rings. The van der Waals surface area contributed by atoms with Gasteiger partial charge in [-0.05, 0) is 57.3 Å². The van der Waals surface area contributed by atoms with Crippen LogP contribution in [0.2, 0.25) is 5.02 Å². The zero-order valence-electron chi connectivity index (χ0n) is 12.8. The summed E-state index contributed by atoms with van der Waals surface area (Å²) < 4.78 is 1.09. The molecule has 0 unspecified atom stereocenters. The molecule has 0 aliphatic carbocycles. The summed E-state index contributed by atoms with van der Waals surface area (Å²) in [4.78, 5) is 0. The largest absolute Gasteiger partial charge is 0.0843 e. The van der Waals surface area contributed by atoms with Crippen molar-refractivity contribution in [3.05, 3.63) is 94.4 Å². The van der Waals surface area contributed by atoms with Gasteiger partial charge in [0, 0.05) is 9.50 Å². The van der Waals surface area contributed by atoms with Crippen molar-refractivity contribution in [2.24, 2.45) is 0 Å². The van der Waals surface area contributed by atoms with E-state index >= 15 is 0 Å². The zero-order chi connectivity index (χ0) is 16.5. The van der Waals surface area contributed by atoms with Gasteiger partial charge in [0.2, 0.25) is 0 Å². The van der Waals surface area contributed by atoms with Crippen LogP contribution in [0.15, 0.2) is 89.4 Å². The molecule has 0 heterocycles. The van der Waals surface area contributed by atoms with Gasteiger partial charge in [-0.1, -0.05) is 88.2 Å². The number of hydrogen-bond donors (Lipinski definition) is 0. The van der Waals surface area contributed by atoms with Gasteiger partial charge in [0.25, 0.3) is 0 Å². The fourth-order valence-electron chi connectivity index (χ4n) is 3.06. The quantitative estimate of drug-likeness (QED) is 0.329. The Balaban J connectivity index is 1.95. The van der Waals surface area contributed by atoms with E-state index in [2.05, 4.69) is 88.7 Å². The average molecular weight is 394 g/mol.